The molecule has 2 rings (SSSR count). The van der Waals surface area contributed by atoms with E-state index in [4.69, 9.17) is 0 Å². The van der Waals surface area contributed by atoms with Crippen LogP contribution < -0.4 is 10.0 Å². The van der Waals surface area contributed by atoms with Crippen LogP contribution in [-0.2, 0) is 10.0 Å². The summed E-state index contributed by atoms with van der Waals surface area (Å²) in [7, 11) is -3.40. The molecule has 2 N–H and O–H groups in total. The van der Waals surface area contributed by atoms with Crippen molar-refractivity contribution in [2.24, 2.45) is 0 Å². The van der Waals surface area contributed by atoms with Gasteiger partial charge in [-0.15, -0.1) is 11.3 Å². The molecule has 1 fully saturated rings. The molecular formula is C10H15BrN2O2S2. The predicted octanol–water partition coefficient (Wildman–Crippen LogP) is 1.93. The van der Waals surface area contributed by atoms with E-state index in [1.165, 1.54) is 11.3 Å². The van der Waals surface area contributed by atoms with Gasteiger partial charge in [-0.2, -0.15) is 0 Å². The third kappa shape index (κ3) is 3.08. The standard InChI is InChI=1S/C10H15BrN2O2S2/c1-7-9(3-2-5-12-7)13-17(14,15)10-8(11)4-6-16-10/h4,6-7,9,12-13H,2-3,5H2,1H3. The van der Waals surface area contributed by atoms with Crippen LogP contribution in [0, 0.1) is 0 Å². The van der Waals surface area contributed by atoms with E-state index in [1.807, 2.05) is 6.92 Å². The maximum atomic E-state index is 12.2. The van der Waals surface area contributed by atoms with Crippen molar-refractivity contribution < 1.29 is 8.42 Å². The summed E-state index contributed by atoms with van der Waals surface area (Å²) in [5.74, 6) is 0. The lowest BCUT2D eigenvalue weighted by Gasteiger charge is -2.30. The second kappa shape index (κ2) is 5.36. The monoisotopic (exact) mass is 338 g/mol. The van der Waals surface area contributed by atoms with Gasteiger partial charge in [0.05, 0.1) is 0 Å². The van der Waals surface area contributed by atoms with Crippen molar-refractivity contribution in [1.29, 1.82) is 0 Å². The second-order valence-electron chi connectivity index (χ2n) is 4.17. The Morgan fingerprint density at radius 3 is 2.94 bits per heavy atom. The summed E-state index contributed by atoms with van der Waals surface area (Å²) < 4.78 is 28.1. The molecule has 1 aliphatic heterocycles. The minimum Gasteiger partial charge on any atom is -0.313 e. The molecule has 96 valence electrons. The summed E-state index contributed by atoms with van der Waals surface area (Å²) in [5.41, 5.74) is 0. The average molecular weight is 339 g/mol. The normalized spacial score (nSPS) is 26.0. The number of thiophene rings is 1. The molecule has 2 heterocycles. The molecule has 17 heavy (non-hydrogen) atoms. The van der Waals surface area contributed by atoms with E-state index in [-0.39, 0.29) is 12.1 Å². The fourth-order valence-corrected chi connectivity index (χ4v) is 5.63. The number of sulfonamides is 1. The highest BCUT2D eigenvalue weighted by Gasteiger charge is 2.28. The van der Waals surface area contributed by atoms with Crippen LogP contribution in [-0.4, -0.2) is 27.0 Å². The fourth-order valence-electron chi connectivity index (χ4n) is 1.93. The second-order valence-corrected chi connectivity index (χ2v) is 7.85. The summed E-state index contributed by atoms with van der Waals surface area (Å²) in [6.45, 7) is 2.97. The van der Waals surface area contributed by atoms with Gasteiger partial charge in [-0.25, -0.2) is 13.1 Å². The largest absolute Gasteiger partial charge is 0.313 e. The zero-order chi connectivity index (χ0) is 12.5. The molecular weight excluding hydrogens is 324 g/mol. The number of halogens is 1. The number of nitrogens with one attached hydrogen (secondary N) is 2. The molecule has 1 aromatic rings. The zero-order valence-corrected chi connectivity index (χ0v) is 12.7. The highest BCUT2D eigenvalue weighted by Crippen LogP contribution is 2.28. The molecule has 2 unspecified atom stereocenters. The van der Waals surface area contributed by atoms with Gasteiger partial charge in [0.2, 0.25) is 0 Å². The summed E-state index contributed by atoms with van der Waals surface area (Å²) in [6, 6.07) is 1.90. The van der Waals surface area contributed by atoms with Gasteiger partial charge in [0.25, 0.3) is 10.0 Å². The third-order valence-electron chi connectivity index (χ3n) is 2.90. The first kappa shape index (κ1) is 13.5. The molecule has 1 aliphatic rings. The van der Waals surface area contributed by atoms with Gasteiger partial charge in [0.15, 0.2) is 0 Å². The van der Waals surface area contributed by atoms with Crippen molar-refractivity contribution in [3.05, 3.63) is 15.9 Å². The van der Waals surface area contributed by atoms with Crippen molar-refractivity contribution in [3.63, 3.8) is 0 Å². The Hall–Kier alpha value is 0.0500. The van der Waals surface area contributed by atoms with Gasteiger partial charge >= 0.3 is 0 Å². The Morgan fingerprint density at radius 1 is 1.59 bits per heavy atom. The van der Waals surface area contributed by atoms with Crippen LogP contribution in [0.1, 0.15) is 19.8 Å². The van der Waals surface area contributed by atoms with Crippen molar-refractivity contribution in [2.45, 2.75) is 36.1 Å². The van der Waals surface area contributed by atoms with E-state index in [2.05, 4.69) is 26.0 Å². The lowest BCUT2D eigenvalue weighted by atomic mass is 10.0. The molecule has 0 radical (unpaired) electrons. The topological polar surface area (TPSA) is 58.2 Å². The molecule has 0 saturated carbocycles. The van der Waals surface area contributed by atoms with E-state index in [1.54, 1.807) is 11.4 Å². The van der Waals surface area contributed by atoms with E-state index >= 15 is 0 Å². The zero-order valence-electron chi connectivity index (χ0n) is 9.44. The molecule has 1 aromatic heterocycles. The first-order chi connectivity index (χ1) is 8.00. The summed E-state index contributed by atoms with van der Waals surface area (Å²) in [6.07, 6.45) is 1.89. The molecule has 1 saturated heterocycles. The molecule has 0 amide bonds. The first-order valence-electron chi connectivity index (χ1n) is 5.49. The van der Waals surface area contributed by atoms with Crippen molar-refractivity contribution >= 4 is 37.3 Å². The van der Waals surface area contributed by atoms with Gasteiger partial charge in [0.1, 0.15) is 4.21 Å². The minimum absolute atomic E-state index is 0.0252. The van der Waals surface area contributed by atoms with Crippen LogP contribution in [0.25, 0.3) is 0 Å². The van der Waals surface area contributed by atoms with Crippen LogP contribution in [0.5, 0.6) is 0 Å². The molecule has 0 aromatic carbocycles. The van der Waals surface area contributed by atoms with Crippen LogP contribution >= 0.6 is 27.3 Å². The van der Waals surface area contributed by atoms with Crippen molar-refractivity contribution in [1.82, 2.24) is 10.0 Å². The van der Waals surface area contributed by atoms with E-state index in [9.17, 15) is 8.42 Å². The molecule has 0 bridgehead atoms. The van der Waals surface area contributed by atoms with Crippen LogP contribution in [0.2, 0.25) is 0 Å². The Kier molecular flexibility index (Phi) is 4.25. The Labute approximate surface area is 114 Å². The number of rotatable bonds is 3. The van der Waals surface area contributed by atoms with Crippen LogP contribution in [0.15, 0.2) is 20.1 Å². The lowest BCUT2D eigenvalue weighted by molar-refractivity contribution is 0.349. The number of hydrogen-bond acceptors (Lipinski definition) is 4. The molecule has 2 atom stereocenters. The van der Waals surface area contributed by atoms with Crippen LogP contribution in [0.4, 0.5) is 0 Å². The summed E-state index contributed by atoms with van der Waals surface area (Å²) in [5, 5.41) is 5.04. The SMILES string of the molecule is CC1NCCCC1NS(=O)(=O)c1sccc1Br. The minimum atomic E-state index is -3.40. The Morgan fingerprint density at radius 2 is 2.35 bits per heavy atom. The quantitative estimate of drug-likeness (QED) is 0.885. The molecule has 4 nitrogen and oxygen atoms in total. The lowest BCUT2D eigenvalue weighted by Crippen LogP contribution is -2.51. The Balaban J connectivity index is 2.15. The Bertz CT molecular complexity index is 486. The predicted molar refractivity (Wildman–Crippen MR) is 72.8 cm³/mol. The van der Waals surface area contributed by atoms with Gasteiger partial charge in [-0.05, 0) is 53.7 Å². The van der Waals surface area contributed by atoms with Gasteiger partial charge in [-0.3, -0.25) is 0 Å². The third-order valence-corrected chi connectivity index (χ3v) is 7.06. The van der Waals surface area contributed by atoms with Gasteiger partial charge < -0.3 is 5.32 Å². The van der Waals surface area contributed by atoms with E-state index in [0.717, 1.165) is 19.4 Å². The number of hydrogen-bond donors (Lipinski definition) is 2. The maximum Gasteiger partial charge on any atom is 0.251 e. The first-order valence-corrected chi connectivity index (χ1v) is 8.65. The van der Waals surface area contributed by atoms with Crippen molar-refractivity contribution in [3.8, 4) is 0 Å². The number of piperidine rings is 1. The summed E-state index contributed by atoms with van der Waals surface area (Å²) >= 11 is 4.49. The van der Waals surface area contributed by atoms with Gasteiger partial charge in [-0.1, -0.05) is 0 Å². The van der Waals surface area contributed by atoms with E-state index < -0.39 is 10.0 Å². The molecule has 7 heteroatoms. The molecule has 0 spiro atoms. The van der Waals surface area contributed by atoms with E-state index in [0.29, 0.717) is 8.68 Å². The molecule has 0 aliphatic carbocycles. The maximum absolute atomic E-state index is 12.2. The summed E-state index contributed by atoms with van der Waals surface area (Å²) in [4.78, 5) is 0. The van der Waals surface area contributed by atoms with Crippen molar-refractivity contribution in [2.75, 3.05) is 6.54 Å². The average Bonchev–Trinajstić information content (AvgIpc) is 2.68. The smallest absolute Gasteiger partial charge is 0.251 e. The highest BCUT2D eigenvalue weighted by atomic mass is 79.9. The highest BCUT2D eigenvalue weighted by molar-refractivity contribution is 9.10. The fraction of sp³-hybridized carbons (Fsp3) is 0.600. The van der Waals surface area contributed by atoms with Crippen LogP contribution in [0.3, 0.4) is 0 Å². The van der Waals surface area contributed by atoms with Gasteiger partial charge in [0, 0.05) is 16.6 Å².